The minimum Gasteiger partial charge on any atom is -0.486 e. The minimum absolute atomic E-state index is 0.0908. The lowest BCUT2D eigenvalue weighted by molar-refractivity contribution is -0.116. The zero-order valence-electron chi connectivity index (χ0n) is 10.3. The van der Waals surface area contributed by atoms with Crippen LogP contribution in [-0.2, 0) is 4.79 Å². The molecule has 100 valence electrons. The summed E-state index contributed by atoms with van der Waals surface area (Å²) in [6.45, 7) is 1.40. The van der Waals surface area contributed by atoms with Crippen molar-refractivity contribution in [3.05, 3.63) is 18.2 Å². The van der Waals surface area contributed by atoms with Gasteiger partial charge in [-0.15, -0.1) is 0 Å². The van der Waals surface area contributed by atoms with Gasteiger partial charge in [0.2, 0.25) is 5.91 Å². The molecule has 1 aliphatic rings. The Balaban J connectivity index is 2.26. The van der Waals surface area contributed by atoms with E-state index in [0.717, 1.165) is 0 Å². The molecular weight excluding hydrogens is 312 g/mol. The highest BCUT2D eigenvalue weighted by atomic mass is 79.9. The second-order valence-corrected chi connectivity index (χ2v) is 4.48. The Kier molecular flexibility index (Phi) is 4.63. The Morgan fingerprint density at radius 3 is 2.79 bits per heavy atom. The highest BCUT2D eigenvalue weighted by molar-refractivity contribution is 9.09. The van der Waals surface area contributed by atoms with Crippen molar-refractivity contribution >= 4 is 27.5 Å². The van der Waals surface area contributed by atoms with E-state index in [-0.39, 0.29) is 17.7 Å². The van der Waals surface area contributed by atoms with Crippen LogP contribution in [0, 0.1) is 11.3 Å². The maximum Gasteiger partial charge on any atom is 0.237 e. The molecule has 0 saturated heterocycles. The number of alkyl halides is 1. The van der Waals surface area contributed by atoms with Crippen LogP contribution in [0.1, 0.15) is 6.42 Å². The zero-order valence-corrected chi connectivity index (χ0v) is 11.9. The molecule has 0 saturated carbocycles. The molecule has 0 N–H and O–H groups in total. The number of carbonyl (C=O) groups is 1. The highest BCUT2D eigenvalue weighted by Crippen LogP contribution is 2.34. The number of benzene rings is 1. The van der Waals surface area contributed by atoms with Gasteiger partial charge in [-0.25, -0.2) is 0 Å². The topological polar surface area (TPSA) is 62.6 Å². The van der Waals surface area contributed by atoms with E-state index in [2.05, 4.69) is 15.9 Å². The van der Waals surface area contributed by atoms with Gasteiger partial charge in [-0.3, -0.25) is 4.79 Å². The zero-order chi connectivity index (χ0) is 13.7. The smallest absolute Gasteiger partial charge is 0.237 e. The molecule has 5 nitrogen and oxygen atoms in total. The van der Waals surface area contributed by atoms with E-state index < -0.39 is 0 Å². The Morgan fingerprint density at radius 1 is 1.37 bits per heavy atom. The third-order valence-electron chi connectivity index (χ3n) is 2.70. The quantitative estimate of drug-likeness (QED) is 0.796. The fourth-order valence-corrected chi connectivity index (χ4v) is 2.13. The summed E-state index contributed by atoms with van der Waals surface area (Å²) in [6.07, 6.45) is 0.285. The maximum absolute atomic E-state index is 11.9. The molecule has 6 heteroatoms. The number of rotatable bonds is 4. The molecule has 0 atom stereocenters. The number of anilines is 1. The number of nitrogens with zero attached hydrogens (tertiary/aromatic N) is 2. The lowest BCUT2D eigenvalue weighted by Crippen LogP contribution is -2.32. The third kappa shape index (κ3) is 3.18. The molecule has 1 aliphatic heterocycles. The molecular formula is C13H13BrN2O3. The molecule has 2 rings (SSSR count). The lowest BCUT2D eigenvalue weighted by atomic mass is 10.2. The molecule has 0 aromatic heterocycles. The van der Waals surface area contributed by atoms with E-state index in [1.54, 1.807) is 23.1 Å². The first-order valence-electron chi connectivity index (χ1n) is 5.89. The Morgan fingerprint density at radius 2 is 2.11 bits per heavy atom. The fourth-order valence-electron chi connectivity index (χ4n) is 1.83. The number of carbonyl (C=O) groups excluding carboxylic acids is 1. The highest BCUT2D eigenvalue weighted by Gasteiger charge is 2.18. The number of ether oxygens (including phenoxy) is 2. The summed E-state index contributed by atoms with van der Waals surface area (Å²) in [4.78, 5) is 13.4. The van der Waals surface area contributed by atoms with Crippen LogP contribution >= 0.6 is 15.9 Å². The number of hydrogen-bond acceptors (Lipinski definition) is 4. The largest absolute Gasteiger partial charge is 0.486 e. The Bertz CT molecular complexity index is 513. The van der Waals surface area contributed by atoms with E-state index in [0.29, 0.717) is 36.9 Å². The Hall–Kier alpha value is -1.74. The van der Waals surface area contributed by atoms with Crippen molar-refractivity contribution in [2.45, 2.75) is 6.42 Å². The molecule has 19 heavy (non-hydrogen) atoms. The van der Waals surface area contributed by atoms with Gasteiger partial charge >= 0.3 is 0 Å². The van der Waals surface area contributed by atoms with E-state index in [1.165, 1.54) is 0 Å². The van der Waals surface area contributed by atoms with Crippen LogP contribution in [-0.4, -0.2) is 31.0 Å². The number of fused-ring (bicyclic) bond motifs is 1. The summed E-state index contributed by atoms with van der Waals surface area (Å²) in [7, 11) is 0. The average molecular weight is 325 g/mol. The molecule has 0 fully saturated rings. The normalized spacial score (nSPS) is 12.6. The van der Waals surface area contributed by atoms with Gasteiger partial charge in [0.25, 0.3) is 0 Å². The average Bonchev–Trinajstić information content (AvgIpc) is 2.47. The number of halogens is 1. The van der Waals surface area contributed by atoms with Crippen molar-refractivity contribution in [1.82, 2.24) is 0 Å². The van der Waals surface area contributed by atoms with Gasteiger partial charge in [0, 0.05) is 18.3 Å². The van der Waals surface area contributed by atoms with Gasteiger partial charge < -0.3 is 14.4 Å². The standard InChI is InChI=1S/C13H13BrN2O3/c14-9-13(17)16(5-1-4-15)10-2-3-11-12(8-10)19-7-6-18-11/h2-3,8H,1,5-7,9H2. The van der Waals surface area contributed by atoms with Gasteiger partial charge in [-0.1, -0.05) is 15.9 Å². The summed E-state index contributed by atoms with van der Waals surface area (Å²) < 4.78 is 10.9. The summed E-state index contributed by atoms with van der Waals surface area (Å²) in [5.41, 5.74) is 0.712. The van der Waals surface area contributed by atoms with Crippen molar-refractivity contribution in [2.24, 2.45) is 0 Å². The summed E-state index contributed by atoms with van der Waals surface area (Å²) >= 11 is 3.15. The van der Waals surface area contributed by atoms with Crippen LogP contribution in [0.4, 0.5) is 5.69 Å². The first-order chi connectivity index (χ1) is 9.26. The van der Waals surface area contributed by atoms with Crippen molar-refractivity contribution < 1.29 is 14.3 Å². The molecule has 1 aromatic rings. The van der Waals surface area contributed by atoms with Crippen molar-refractivity contribution in [3.8, 4) is 17.6 Å². The van der Waals surface area contributed by atoms with Crippen LogP contribution in [0.3, 0.4) is 0 Å². The van der Waals surface area contributed by atoms with Gasteiger partial charge in [0.05, 0.1) is 17.8 Å². The monoisotopic (exact) mass is 324 g/mol. The molecule has 1 heterocycles. The van der Waals surface area contributed by atoms with Crippen LogP contribution in [0.2, 0.25) is 0 Å². The number of nitriles is 1. The molecule has 0 radical (unpaired) electrons. The maximum atomic E-state index is 11.9. The predicted molar refractivity (Wildman–Crippen MR) is 73.8 cm³/mol. The molecule has 0 spiro atoms. The summed E-state index contributed by atoms with van der Waals surface area (Å²) in [5.74, 6) is 1.22. The lowest BCUT2D eigenvalue weighted by Gasteiger charge is -2.24. The van der Waals surface area contributed by atoms with E-state index in [1.807, 2.05) is 6.07 Å². The fraction of sp³-hybridized carbons (Fsp3) is 0.385. The van der Waals surface area contributed by atoms with Gasteiger partial charge in [0.1, 0.15) is 13.2 Å². The molecule has 0 aliphatic carbocycles. The van der Waals surface area contributed by atoms with Crippen LogP contribution in [0.25, 0.3) is 0 Å². The van der Waals surface area contributed by atoms with Gasteiger partial charge in [0.15, 0.2) is 11.5 Å². The van der Waals surface area contributed by atoms with Crippen LogP contribution in [0.5, 0.6) is 11.5 Å². The minimum atomic E-state index is -0.0908. The van der Waals surface area contributed by atoms with E-state index in [9.17, 15) is 4.79 Å². The van der Waals surface area contributed by atoms with Gasteiger partial charge in [-0.05, 0) is 12.1 Å². The van der Waals surface area contributed by atoms with Crippen molar-refractivity contribution in [2.75, 3.05) is 30.0 Å². The second kappa shape index (κ2) is 6.43. The van der Waals surface area contributed by atoms with Crippen molar-refractivity contribution in [1.29, 1.82) is 5.26 Å². The van der Waals surface area contributed by atoms with Crippen LogP contribution < -0.4 is 14.4 Å². The van der Waals surface area contributed by atoms with Crippen molar-refractivity contribution in [3.63, 3.8) is 0 Å². The third-order valence-corrected chi connectivity index (χ3v) is 3.18. The van der Waals surface area contributed by atoms with Crippen LogP contribution in [0.15, 0.2) is 18.2 Å². The second-order valence-electron chi connectivity index (χ2n) is 3.92. The molecule has 1 amide bonds. The van der Waals surface area contributed by atoms with E-state index in [4.69, 9.17) is 14.7 Å². The molecule has 0 bridgehead atoms. The predicted octanol–water partition coefficient (Wildman–Crippen LogP) is 2.10. The van der Waals surface area contributed by atoms with E-state index >= 15 is 0 Å². The number of hydrogen-bond donors (Lipinski definition) is 0. The molecule has 0 unspecified atom stereocenters. The summed E-state index contributed by atoms with van der Waals surface area (Å²) in [6, 6.07) is 7.39. The SMILES string of the molecule is N#CCCN(C(=O)CBr)c1ccc2c(c1)OCCO2. The first kappa shape index (κ1) is 13.7. The first-order valence-corrected chi connectivity index (χ1v) is 7.01. The Labute approximate surface area is 119 Å². The number of amides is 1. The molecule has 1 aromatic carbocycles. The summed E-state index contributed by atoms with van der Waals surface area (Å²) in [5, 5.41) is 8.88. The van der Waals surface area contributed by atoms with Gasteiger partial charge in [-0.2, -0.15) is 5.26 Å².